The van der Waals surface area contributed by atoms with Crippen molar-refractivity contribution in [1.82, 2.24) is 4.57 Å². The molecule has 0 saturated heterocycles. The Balaban J connectivity index is 1.04. The first kappa shape index (κ1) is 33.7. The van der Waals surface area contributed by atoms with Crippen molar-refractivity contribution in [2.45, 2.75) is 19.3 Å². The summed E-state index contributed by atoms with van der Waals surface area (Å²) in [5, 5.41) is 10.1. The molecule has 0 atom stereocenters. The molecule has 278 valence electrons. The fraction of sp³-hybridized carbons (Fsp3) is 0.0526. The summed E-state index contributed by atoms with van der Waals surface area (Å²) >= 11 is 0. The first-order valence-electron chi connectivity index (χ1n) is 20.6. The predicted molar refractivity (Wildman–Crippen MR) is 251 cm³/mol. The van der Waals surface area contributed by atoms with E-state index in [1.165, 1.54) is 98.9 Å². The van der Waals surface area contributed by atoms with Gasteiger partial charge in [0.05, 0.1) is 16.7 Å². The average molecular weight is 753 g/mol. The smallest absolute Gasteiger partial charge is 0.0547 e. The highest BCUT2D eigenvalue weighted by molar-refractivity contribution is 6.22. The molecule has 0 saturated carbocycles. The Morgan fingerprint density at radius 2 is 1.02 bits per heavy atom. The highest BCUT2D eigenvalue weighted by Gasteiger charge is 2.36. The van der Waals surface area contributed by atoms with Crippen molar-refractivity contribution in [1.29, 1.82) is 0 Å². The molecule has 1 aromatic heterocycles. The highest BCUT2D eigenvalue weighted by Crippen LogP contribution is 2.51. The van der Waals surface area contributed by atoms with Crippen LogP contribution in [0.2, 0.25) is 0 Å². The van der Waals surface area contributed by atoms with Gasteiger partial charge in [-0.1, -0.05) is 159 Å². The second-order valence-corrected chi connectivity index (χ2v) is 16.5. The number of nitrogens with zero attached hydrogens (tertiary/aromatic N) is 2. The molecular formula is C57H40N2. The van der Waals surface area contributed by atoms with Gasteiger partial charge in [-0.05, 0) is 121 Å². The summed E-state index contributed by atoms with van der Waals surface area (Å²) in [7, 11) is 0. The van der Waals surface area contributed by atoms with E-state index in [0.717, 1.165) is 11.4 Å². The van der Waals surface area contributed by atoms with Crippen LogP contribution in [0.15, 0.2) is 206 Å². The Morgan fingerprint density at radius 1 is 0.390 bits per heavy atom. The summed E-state index contributed by atoms with van der Waals surface area (Å²) in [6.07, 6.45) is 0. The van der Waals surface area contributed by atoms with Crippen molar-refractivity contribution in [3.8, 4) is 27.9 Å². The number of rotatable bonds is 5. The molecule has 0 aliphatic heterocycles. The van der Waals surface area contributed by atoms with Crippen LogP contribution in [-0.4, -0.2) is 4.57 Å². The summed E-state index contributed by atoms with van der Waals surface area (Å²) in [6.45, 7) is 4.73. The van der Waals surface area contributed by atoms with Crippen LogP contribution in [0.3, 0.4) is 0 Å². The monoisotopic (exact) mass is 752 g/mol. The van der Waals surface area contributed by atoms with Crippen molar-refractivity contribution in [2.75, 3.05) is 4.90 Å². The Hall–Kier alpha value is -7.42. The lowest BCUT2D eigenvalue weighted by atomic mass is 9.82. The molecule has 0 spiro atoms. The second-order valence-electron chi connectivity index (χ2n) is 16.5. The van der Waals surface area contributed by atoms with Crippen LogP contribution in [0.1, 0.15) is 25.0 Å². The van der Waals surface area contributed by atoms with Crippen LogP contribution in [-0.2, 0) is 5.41 Å². The van der Waals surface area contributed by atoms with E-state index < -0.39 is 0 Å². The molecule has 11 aromatic rings. The van der Waals surface area contributed by atoms with Gasteiger partial charge in [0, 0.05) is 38.6 Å². The lowest BCUT2D eigenvalue weighted by Crippen LogP contribution is -2.16. The molecule has 0 N–H and O–H groups in total. The van der Waals surface area contributed by atoms with Crippen LogP contribution >= 0.6 is 0 Å². The molecule has 2 nitrogen and oxygen atoms in total. The number of benzene rings is 10. The minimum absolute atomic E-state index is 0.115. The summed E-state index contributed by atoms with van der Waals surface area (Å²) in [5.41, 5.74) is 14.7. The van der Waals surface area contributed by atoms with Crippen LogP contribution in [0.4, 0.5) is 17.1 Å². The van der Waals surface area contributed by atoms with E-state index in [-0.39, 0.29) is 5.41 Å². The van der Waals surface area contributed by atoms with E-state index in [1.54, 1.807) is 0 Å². The average Bonchev–Trinajstić information content (AvgIpc) is 3.75. The van der Waals surface area contributed by atoms with E-state index in [9.17, 15) is 0 Å². The molecule has 12 rings (SSSR count). The zero-order valence-corrected chi connectivity index (χ0v) is 33.0. The van der Waals surface area contributed by atoms with Gasteiger partial charge in [0.25, 0.3) is 0 Å². The predicted octanol–water partition coefficient (Wildman–Crippen LogP) is 15.7. The summed E-state index contributed by atoms with van der Waals surface area (Å²) in [5.74, 6) is 0. The zero-order valence-electron chi connectivity index (χ0n) is 33.0. The molecule has 0 amide bonds. The molecule has 0 radical (unpaired) electrons. The topological polar surface area (TPSA) is 8.17 Å². The van der Waals surface area contributed by atoms with E-state index >= 15 is 0 Å². The van der Waals surface area contributed by atoms with Gasteiger partial charge in [0.1, 0.15) is 0 Å². The first-order valence-corrected chi connectivity index (χ1v) is 20.6. The molecule has 0 fully saturated rings. The maximum Gasteiger partial charge on any atom is 0.0547 e. The van der Waals surface area contributed by atoms with Gasteiger partial charge < -0.3 is 9.47 Å². The standard InChI is InChI=1S/C57H40N2/c1-57(2)51-23-13-12-21-47(51)48-31-30-43(36-52(48)57)58(55-35-40-15-7-8-18-44(40)46-20-10-11-22-49(46)55)42-28-24-37(25-29-42)39-27-32-53-50(34-39)56-45-19-9-6-14-38(45)26-33-54(56)59(53)41-16-4-3-5-17-41/h3-36H,1-2H3. The Morgan fingerprint density at radius 3 is 1.85 bits per heavy atom. The van der Waals surface area contributed by atoms with Gasteiger partial charge in [-0.3, -0.25) is 0 Å². The van der Waals surface area contributed by atoms with Crippen LogP contribution in [0.25, 0.3) is 82.1 Å². The fourth-order valence-electron chi connectivity index (χ4n) is 10.1. The number of anilines is 3. The number of para-hydroxylation sites is 1. The van der Waals surface area contributed by atoms with Gasteiger partial charge in [0.2, 0.25) is 0 Å². The van der Waals surface area contributed by atoms with E-state index in [2.05, 4.69) is 230 Å². The lowest BCUT2D eigenvalue weighted by Gasteiger charge is -2.29. The van der Waals surface area contributed by atoms with Crippen molar-refractivity contribution in [3.05, 3.63) is 217 Å². The number of hydrogen-bond donors (Lipinski definition) is 0. The van der Waals surface area contributed by atoms with E-state index in [0.29, 0.717) is 0 Å². The van der Waals surface area contributed by atoms with Gasteiger partial charge in [0.15, 0.2) is 0 Å². The first-order chi connectivity index (χ1) is 29.0. The summed E-state index contributed by atoms with van der Waals surface area (Å²) in [4.78, 5) is 2.47. The Labute approximate surface area is 343 Å². The third kappa shape index (κ3) is 5.06. The van der Waals surface area contributed by atoms with Gasteiger partial charge >= 0.3 is 0 Å². The van der Waals surface area contributed by atoms with Crippen molar-refractivity contribution in [2.24, 2.45) is 0 Å². The number of hydrogen-bond acceptors (Lipinski definition) is 1. The van der Waals surface area contributed by atoms with Crippen LogP contribution in [0, 0.1) is 0 Å². The second kappa shape index (κ2) is 12.8. The van der Waals surface area contributed by atoms with Gasteiger partial charge in [-0.25, -0.2) is 0 Å². The zero-order chi connectivity index (χ0) is 39.2. The minimum atomic E-state index is -0.115. The molecule has 0 unspecified atom stereocenters. The van der Waals surface area contributed by atoms with Crippen molar-refractivity contribution in [3.63, 3.8) is 0 Å². The Kier molecular flexibility index (Phi) is 7.31. The van der Waals surface area contributed by atoms with Gasteiger partial charge in [-0.15, -0.1) is 0 Å². The van der Waals surface area contributed by atoms with Gasteiger partial charge in [-0.2, -0.15) is 0 Å². The molecule has 0 bridgehead atoms. The molecular weight excluding hydrogens is 713 g/mol. The minimum Gasteiger partial charge on any atom is -0.310 e. The molecule has 1 aliphatic rings. The molecule has 59 heavy (non-hydrogen) atoms. The summed E-state index contributed by atoms with van der Waals surface area (Å²) < 4.78 is 2.41. The maximum atomic E-state index is 2.47. The van der Waals surface area contributed by atoms with Crippen molar-refractivity contribution >= 4 is 71.2 Å². The van der Waals surface area contributed by atoms with Crippen molar-refractivity contribution < 1.29 is 0 Å². The quantitative estimate of drug-likeness (QED) is 0.159. The SMILES string of the molecule is CC1(C)c2ccccc2-c2ccc(N(c3ccc(-c4ccc5c(c4)c4c6ccccc6ccc4n5-c4ccccc4)cc3)c3cc4ccccc4c4ccccc34)cc21. The normalized spacial score (nSPS) is 13.1. The third-order valence-corrected chi connectivity index (χ3v) is 12.9. The number of aromatic nitrogens is 1. The maximum absolute atomic E-state index is 2.47. The molecule has 1 aliphatic carbocycles. The lowest BCUT2D eigenvalue weighted by molar-refractivity contribution is 0.660. The fourth-order valence-corrected chi connectivity index (χ4v) is 10.1. The van der Waals surface area contributed by atoms with E-state index in [1.807, 2.05) is 0 Å². The Bertz CT molecular complexity index is 3460. The summed E-state index contributed by atoms with van der Waals surface area (Å²) in [6, 6.07) is 76.2. The number of fused-ring (bicyclic) bond motifs is 11. The molecule has 2 heteroatoms. The molecule has 1 heterocycles. The van der Waals surface area contributed by atoms with E-state index in [4.69, 9.17) is 0 Å². The van der Waals surface area contributed by atoms with Crippen LogP contribution < -0.4 is 4.90 Å². The highest BCUT2D eigenvalue weighted by atomic mass is 15.1. The third-order valence-electron chi connectivity index (χ3n) is 12.9. The van der Waals surface area contributed by atoms with Crippen LogP contribution in [0.5, 0.6) is 0 Å². The largest absolute Gasteiger partial charge is 0.310 e. The molecule has 10 aromatic carbocycles.